The molecule has 0 spiro atoms. The average Bonchev–Trinajstić information content (AvgIpc) is 2.71. The lowest BCUT2D eigenvalue weighted by Gasteiger charge is -1.88. The van der Waals surface area contributed by atoms with Gasteiger partial charge in [0.2, 0.25) is 0 Å². The average molecular weight is 115 g/mol. The van der Waals surface area contributed by atoms with Gasteiger partial charge in [-0.2, -0.15) is 0 Å². The molecule has 2 rings (SSSR count). The predicted molar refractivity (Wildman–Crippen MR) is 37.7 cm³/mol. The second-order valence-corrected chi connectivity index (χ2v) is 2.20. The second kappa shape index (κ2) is 1.73. The molecule has 0 amide bonds. The minimum Gasteiger partial charge on any atom is -0.0622 e. The van der Waals surface area contributed by atoms with Crippen molar-refractivity contribution in [3.63, 3.8) is 0 Å². The monoisotopic (exact) mass is 115 g/mol. The molecule has 1 aliphatic rings. The number of hydrogen-bond acceptors (Lipinski definition) is 0. The van der Waals surface area contributed by atoms with E-state index in [2.05, 4.69) is 30.3 Å². The van der Waals surface area contributed by atoms with Crippen LogP contribution in [0.2, 0.25) is 0 Å². The maximum Gasteiger partial charge on any atom is -0.00108 e. The van der Waals surface area contributed by atoms with E-state index in [0.717, 1.165) is 6.42 Å². The molecule has 9 heavy (non-hydrogen) atoms. The van der Waals surface area contributed by atoms with Crippen molar-refractivity contribution < 1.29 is 0 Å². The molecule has 1 aromatic rings. The van der Waals surface area contributed by atoms with Gasteiger partial charge in [-0.25, -0.2) is 0 Å². The van der Waals surface area contributed by atoms with Crippen molar-refractivity contribution in [2.45, 2.75) is 6.42 Å². The highest BCUT2D eigenvalue weighted by Crippen LogP contribution is 2.28. The van der Waals surface area contributed by atoms with E-state index in [9.17, 15) is 0 Å². The summed E-state index contributed by atoms with van der Waals surface area (Å²) in [4.78, 5) is 0. The summed E-state index contributed by atoms with van der Waals surface area (Å²) in [6.07, 6.45) is 4.24. The first kappa shape index (κ1) is 4.80. The van der Waals surface area contributed by atoms with Crippen molar-refractivity contribution in [2.75, 3.05) is 0 Å². The van der Waals surface area contributed by atoms with Gasteiger partial charge in [-0.1, -0.05) is 30.3 Å². The Hall–Kier alpha value is -1.04. The smallest absolute Gasteiger partial charge is 0.00108 e. The third-order valence-corrected chi connectivity index (χ3v) is 1.48. The van der Waals surface area contributed by atoms with Gasteiger partial charge in [0.15, 0.2) is 0 Å². The lowest BCUT2D eigenvalue weighted by atomic mass is 10.2. The Morgan fingerprint density at radius 3 is 2.33 bits per heavy atom. The van der Waals surface area contributed by atoms with Crippen LogP contribution in [-0.4, -0.2) is 0 Å². The molecule has 0 fully saturated rings. The maximum absolute atomic E-state index is 3.17. The minimum absolute atomic E-state index is 1.07. The summed E-state index contributed by atoms with van der Waals surface area (Å²) >= 11 is 0. The Balaban J connectivity index is 2.40. The summed E-state index contributed by atoms with van der Waals surface area (Å²) in [7, 11) is 0. The molecule has 1 aliphatic carbocycles. The van der Waals surface area contributed by atoms with Crippen molar-refractivity contribution >= 4 is 5.57 Å². The summed E-state index contributed by atoms with van der Waals surface area (Å²) in [6.45, 7) is 0. The van der Waals surface area contributed by atoms with Crippen LogP contribution < -0.4 is 0 Å². The van der Waals surface area contributed by atoms with Crippen LogP contribution >= 0.6 is 0 Å². The SMILES string of the molecule is [C]1=C(c2ccccc2)C1. The van der Waals surface area contributed by atoms with Crippen molar-refractivity contribution in [2.24, 2.45) is 0 Å². The zero-order valence-corrected chi connectivity index (χ0v) is 5.09. The van der Waals surface area contributed by atoms with Crippen LogP contribution in [0.4, 0.5) is 0 Å². The Morgan fingerprint density at radius 2 is 1.78 bits per heavy atom. The Bertz CT molecular complexity index is 231. The molecule has 1 radical (unpaired) electrons. The molecule has 43 valence electrons. The van der Waals surface area contributed by atoms with E-state index in [1.54, 1.807) is 0 Å². The fourth-order valence-electron chi connectivity index (χ4n) is 0.888. The van der Waals surface area contributed by atoms with Crippen molar-refractivity contribution in [1.82, 2.24) is 0 Å². The Morgan fingerprint density at radius 1 is 1.11 bits per heavy atom. The highest BCUT2D eigenvalue weighted by atomic mass is 14.1. The molecule has 0 nitrogen and oxygen atoms in total. The molecule has 0 aliphatic heterocycles. The quantitative estimate of drug-likeness (QED) is 0.526. The largest absolute Gasteiger partial charge is 0.0622 e. The van der Waals surface area contributed by atoms with Crippen LogP contribution in [0.15, 0.2) is 30.3 Å². The fraction of sp³-hybridized carbons (Fsp3) is 0.111. The highest BCUT2D eigenvalue weighted by Gasteiger charge is 2.08. The number of rotatable bonds is 1. The van der Waals surface area contributed by atoms with Gasteiger partial charge in [-0.15, -0.1) is 0 Å². The van der Waals surface area contributed by atoms with Crippen molar-refractivity contribution in [3.8, 4) is 0 Å². The van der Waals surface area contributed by atoms with Crippen molar-refractivity contribution in [1.29, 1.82) is 0 Å². The first-order chi connectivity index (χ1) is 4.47. The summed E-state index contributed by atoms with van der Waals surface area (Å²) in [5.41, 5.74) is 2.70. The van der Waals surface area contributed by atoms with Gasteiger partial charge in [-0.05, 0) is 23.6 Å². The number of hydrogen-bond donors (Lipinski definition) is 0. The Labute approximate surface area is 54.8 Å². The van der Waals surface area contributed by atoms with E-state index in [1.165, 1.54) is 11.1 Å². The van der Waals surface area contributed by atoms with Crippen LogP contribution in [0.3, 0.4) is 0 Å². The molecule has 0 heterocycles. The first-order valence-corrected chi connectivity index (χ1v) is 3.12. The summed E-state index contributed by atoms with van der Waals surface area (Å²) in [5, 5.41) is 0. The molecular weight excluding hydrogens is 108 g/mol. The zero-order valence-electron chi connectivity index (χ0n) is 5.09. The summed E-state index contributed by atoms with van der Waals surface area (Å²) < 4.78 is 0. The Kier molecular flexibility index (Phi) is 0.922. The topological polar surface area (TPSA) is 0 Å². The molecule has 0 unspecified atom stereocenters. The summed E-state index contributed by atoms with van der Waals surface area (Å²) in [6, 6.07) is 10.4. The second-order valence-electron chi connectivity index (χ2n) is 2.20. The predicted octanol–water partition coefficient (Wildman–Crippen LogP) is 2.28. The number of allylic oxidation sites excluding steroid dienone is 2. The molecular formula is C9H7. The van der Waals surface area contributed by atoms with E-state index in [4.69, 9.17) is 0 Å². The normalized spacial score (nSPS) is 14.9. The molecule has 0 saturated carbocycles. The first-order valence-electron chi connectivity index (χ1n) is 3.12. The highest BCUT2D eigenvalue weighted by molar-refractivity contribution is 5.73. The minimum atomic E-state index is 1.07. The van der Waals surface area contributed by atoms with E-state index in [0.29, 0.717) is 0 Å². The van der Waals surface area contributed by atoms with Crippen LogP contribution in [0.5, 0.6) is 0 Å². The molecule has 0 heteroatoms. The fourth-order valence-corrected chi connectivity index (χ4v) is 0.888. The van der Waals surface area contributed by atoms with E-state index in [1.807, 2.05) is 6.07 Å². The van der Waals surface area contributed by atoms with E-state index >= 15 is 0 Å². The molecule has 1 aromatic carbocycles. The van der Waals surface area contributed by atoms with Gasteiger partial charge in [0.05, 0.1) is 0 Å². The number of benzene rings is 1. The van der Waals surface area contributed by atoms with Gasteiger partial charge in [0.1, 0.15) is 0 Å². The molecule has 0 N–H and O–H groups in total. The zero-order chi connectivity index (χ0) is 6.10. The third-order valence-electron chi connectivity index (χ3n) is 1.48. The lowest BCUT2D eigenvalue weighted by Crippen LogP contribution is -1.67. The van der Waals surface area contributed by atoms with Crippen LogP contribution in [-0.2, 0) is 0 Å². The van der Waals surface area contributed by atoms with E-state index in [-0.39, 0.29) is 0 Å². The molecule has 0 aromatic heterocycles. The standard InChI is InChI=1S/C9H7/c1-2-4-8(5-3-1)9-6-7-9/h1-5H,6H2. The summed E-state index contributed by atoms with van der Waals surface area (Å²) in [5.74, 6) is 0. The van der Waals surface area contributed by atoms with Gasteiger partial charge >= 0.3 is 0 Å². The lowest BCUT2D eigenvalue weighted by molar-refractivity contribution is 1.58. The molecule has 0 atom stereocenters. The molecule has 0 bridgehead atoms. The molecule has 0 saturated heterocycles. The van der Waals surface area contributed by atoms with Gasteiger partial charge in [-0.3, -0.25) is 0 Å². The van der Waals surface area contributed by atoms with E-state index < -0.39 is 0 Å². The maximum atomic E-state index is 3.17. The van der Waals surface area contributed by atoms with Crippen LogP contribution in [0.1, 0.15) is 12.0 Å². The van der Waals surface area contributed by atoms with Crippen molar-refractivity contribution in [3.05, 3.63) is 42.0 Å². The third kappa shape index (κ3) is 0.879. The van der Waals surface area contributed by atoms with Gasteiger partial charge < -0.3 is 0 Å². The van der Waals surface area contributed by atoms with Gasteiger partial charge in [0.25, 0.3) is 0 Å². The van der Waals surface area contributed by atoms with Crippen LogP contribution in [0.25, 0.3) is 5.57 Å². The van der Waals surface area contributed by atoms with Gasteiger partial charge in [0, 0.05) is 0 Å². The van der Waals surface area contributed by atoms with Crippen LogP contribution in [0, 0.1) is 6.08 Å².